The molecule has 9 heteroatoms. The van der Waals surface area contributed by atoms with Gasteiger partial charge in [0.25, 0.3) is 0 Å². The first-order valence-corrected chi connectivity index (χ1v) is 9.75. The van der Waals surface area contributed by atoms with Crippen molar-refractivity contribution in [1.29, 1.82) is 0 Å². The number of nitrogens with one attached hydrogen (secondary N) is 2. The van der Waals surface area contributed by atoms with Crippen molar-refractivity contribution in [3.63, 3.8) is 0 Å². The molecule has 0 aliphatic rings. The van der Waals surface area contributed by atoms with Gasteiger partial charge in [0, 0.05) is 5.69 Å². The molecule has 2 N–H and O–H groups in total. The molecular weight excluding hydrogens is 397 g/mol. The molecule has 0 unspecified atom stereocenters. The number of para-hydroxylation sites is 1. The highest BCUT2D eigenvalue weighted by Crippen LogP contribution is 2.21. The number of rotatable bonds is 5. The molecule has 2 aromatic heterocycles. The Morgan fingerprint density at radius 2 is 1.87 bits per heavy atom. The maximum Gasteiger partial charge on any atom is 0.323 e. The molecule has 0 bridgehead atoms. The van der Waals surface area contributed by atoms with E-state index >= 15 is 0 Å². The highest BCUT2D eigenvalue weighted by atomic mass is 19.1. The number of hydrogen-bond acceptors (Lipinski definition) is 4. The molecule has 4 rings (SSSR count). The average Bonchev–Trinajstić information content (AvgIpc) is 3.23. The fourth-order valence-corrected chi connectivity index (χ4v) is 3.31. The normalized spacial score (nSPS) is 10.8. The van der Waals surface area contributed by atoms with Crippen LogP contribution in [0.15, 0.2) is 54.7 Å². The van der Waals surface area contributed by atoms with Gasteiger partial charge >= 0.3 is 6.03 Å². The van der Waals surface area contributed by atoms with Gasteiger partial charge in [-0.3, -0.25) is 0 Å². The Bertz CT molecular complexity index is 1240. The van der Waals surface area contributed by atoms with Gasteiger partial charge in [0.15, 0.2) is 0 Å². The monoisotopic (exact) mass is 419 g/mol. The SMILES string of the molecule is Cc1nc(C)n(Cc2cccc(NC(=O)Nc3cnn(-c4ccccc4F)c3C)c2)n1. The van der Waals surface area contributed by atoms with E-state index in [9.17, 15) is 9.18 Å². The number of aryl methyl sites for hydroxylation is 2. The lowest BCUT2D eigenvalue weighted by Gasteiger charge is -2.10. The Labute approximate surface area is 178 Å². The lowest BCUT2D eigenvalue weighted by molar-refractivity contribution is 0.262. The second-order valence-electron chi connectivity index (χ2n) is 7.15. The minimum atomic E-state index is -0.416. The van der Waals surface area contributed by atoms with Crippen LogP contribution in [-0.4, -0.2) is 30.6 Å². The van der Waals surface area contributed by atoms with Crippen LogP contribution in [0.2, 0.25) is 0 Å². The zero-order valence-electron chi connectivity index (χ0n) is 17.4. The van der Waals surface area contributed by atoms with Crippen LogP contribution in [0.3, 0.4) is 0 Å². The molecule has 2 amide bonds. The number of anilines is 2. The average molecular weight is 419 g/mol. The van der Waals surface area contributed by atoms with Gasteiger partial charge in [-0.25, -0.2) is 23.5 Å². The van der Waals surface area contributed by atoms with Crippen molar-refractivity contribution in [1.82, 2.24) is 24.5 Å². The van der Waals surface area contributed by atoms with E-state index in [2.05, 4.69) is 25.8 Å². The van der Waals surface area contributed by atoms with Crippen LogP contribution in [0.1, 0.15) is 22.9 Å². The van der Waals surface area contributed by atoms with E-state index in [0.717, 1.165) is 17.2 Å². The minimum absolute atomic E-state index is 0.319. The Hall–Kier alpha value is -4.01. The number of benzene rings is 2. The summed E-state index contributed by atoms with van der Waals surface area (Å²) in [5.74, 6) is 1.16. The van der Waals surface area contributed by atoms with Crippen LogP contribution in [0.5, 0.6) is 0 Å². The largest absolute Gasteiger partial charge is 0.323 e. The van der Waals surface area contributed by atoms with Crippen LogP contribution in [0, 0.1) is 26.6 Å². The van der Waals surface area contributed by atoms with E-state index < -0.39 is 6.03 Å². The molecule has 31 heavy (non-hydrogen) atoms. The van der Waals surface area contributed by atoms with Crippen molar-refractivity contribution >= 4 is 17.4 Å². The molecule has 0 radical (unpaired) electrons. The molecule has 158 valence electrons. The number of aromatic nitrogens is 5. The number of carbonyl (C=O) groups excluding carboxylic acids is 1. The van der Waals surface area contributed by atoms with Crippen molar-refractivity contribution < 1.29 is 9.18 Å². The topological polar surface area (TPSA) is 89.7 Å². The highest BCUT2D eigenvalue weighted by Gasteiger charge is 2.13. The summed E-state index contributed by atoms with van der Waals surface area (Å²) in [5.41, 5.74) is 3.05. The second-order valence-corrected chi connectivity index (χ2v) is 7.15. The third-order valence-corrected chi connectivity index (χ3v) is 4.82. The number of halogens is 1. The van der Waals surface area contributed by atoms with Crippen LogP contribution < -0.4 is 10.6 Å². The number of carbonyl (C=O) groups is 1. The van der Waals surface area contributed by atoms with Crippen molar-refractivity contribution in [2.45, 2.75) is 27.3 Å². The predicted molar refractivity (Wildman–Crippen MR) is 116 cm³/mol. The molecule has 0 fully saturated rings. The Kier molecular flexibility index (Phi) is 5.48. The molecule has 2 heterocycles. The van der Waals surface area contributed by atoms with E-state index in [1.165, 1.54) is 16.9 Å². The molecule has 0 saturated carbocycles. The molecule has 0 atom stereocenters. The quantitative estimate of drug-likeness (QED) is 0.507. The summed E-state index contributed by atoms with van der Waals surface area (Å²) >= 11 is 0. The van der Waals surface area contributed by atoms with Crippen LogP contribution >= 0.6 is 0 Å². The number of nitrogens with zero attached hydrogens (tertiary/aromatic N) is 5. The molecule has 2 aromatic carbocycles. The minimum Gasteiger partial charge on any atom is -0.308 e. The first kappa shape index (κ1) is 20.3. The number of hydrogen-bond donors (Lipinski definition) is 2. The van der Waals surface area contributed by atoms with Gasteiger partial charge in [-0.05, 0) is 50.6 Å². The van der Waals surface area contributed by atoms with Crippen molar-refractivity contribution in [3.05, 3.63) is 83.5 Å². The molecule has 0 spiro atoms. The van der Waals surface area contributed by atoms with E-state index in [1.54, 1.807) is 31.2 Å². The molecule has 4 aromatic rings. The maximum absolute atomic E-state index is 14.1. The maximum atomic E-state index is 14.1. The smallest absolute Gasteiger partial charge is 0.308 e. The Morgan fingerprint density at radius 3 is 2.61 bits per heavy atom. The summed E-state index contributed by atoms with van der Waals surface area (Å²) in [6.45, 7) is 6.07. The Balaban J connectivity index is 1.45. The van der Waals surface area contributed by atoms with Crippen molar-refractivity contribution in [2.24, 2.45) is 0 Å². The zero-order chi connectivity index (χ0) is 22.0. The standard InChI is InChI=1S/C22H22FN7O/c1-14-20(12-24-30(14)21-10-5-4-9-19(21)23)27-22(31)26-18-8-6-7-17(11-18)13-29-16(3)25-15(2)28-29/h4-12H,13H2,1-3H3,(H2,26,27,31). The summed E-state index contributed by atoms with van der Waals surface area (Å²) in [6.07, 6.45) is 1.49. The lowest BCUT2D eigenvalue weighted by atomic mass is 10.2. The van der Waals surface area contributed by atoms with Crippen molar-refractivity contribution in [3.8, 4) is 5.69 Å². The van der Waals surface area contributed by atoms with Crippen LogP contribution in [0.4, 0.5) is 20.6 Å². The van der Waals surface area contributed by atoms with Gasteiger partial charge in [-0.15, -0.1) is 0 Å². The molecule has 8 nitrogen and oxygen atoms in total. The van der Waals surface area contributed by atoms with Gasteiger partial charge in [0.2, 0.25) is 0 Å². The van der Waals surface area contributed by atoms with Gasteiger partial charge in [-0.1, -0.05) is 24.3 Å². The van der Waals surface area contributed by atoms with E-state index in [0.29, 0.717) is 29.3 Å². The third-order valence-electron chi connectivity index (χ3n) is 4.82. The number of amides is 2. The molecule has 0 aliphatic heterocycles. The molecule has 0 aliphatic carbocycles. The molecule has 0 saturated heterocycles. The highest BCUT2D eigenvalue weighted by molar-refractivity contribution is 6.00. The summed E-state index contributed by atoms with van der Waals surface area (Å²) in [5, 5.41) is 14.1. The summed E-state index contributed by atoms with van der Waals surface area (Å²) in [7, 11) is 0. The summed E-state index contributed by atoms with van der Waals surface area (Å²) in [4.78, 5) is 16.8. The van der Waals surface area contributed by atoms with Gasteiger partial charge in [0.05, 0.1) is 24.1 Å². The molecular formula is C22H22FN7O. The fraction of sp³-hybridized carbons (Fsp3) is 0.182. The van der Waals surface area contributed by atoms with Crippen LogP contribution in [-0.2, 0) is 6.54 Å². The zero-order valence-corrected chi connectivity index (χ0v) is 17.4. The predicted octanol–water partition coefficient (Wildman–Crippen LogP) is 4.22. The number of urea groups is 1. The fourth-order valence-electron chi connectivity index (χ4n) is 3.31. The first-order valence-electron chi connectivity index (χ1n) is 9.75. The van der Waals surface area contributed by atoms with Gasteiger partial charge in [-0.2, -0.15) is 10.2 Å². The lowest BCUT2D eigenvalue weighted by Crippen LogP contribution is -2.20. The van der Waals surface area contributed by atoms with Crippen LogP contribution in [0.25, 0.3) is 5.69 Å². The first-order chi connectivity index (χ1) is 14.9. The summed E-state index contributed by atoms with van der Waals surface area (Å²) in [6, 6.07) is 13.4. The van der Waals surface area contributed by atoms with Gasteiger partial charge in [0.1, 0.15) is 23.2 Å². The second kappa shape index (κ2) is 8.39. The van der Waals surface area contributed by atoms with Crippen molar-refractivity contribution in [2.75, 3.05) is 10.6 Å². The third kappa shape index (κ3) is 4.45. The van der Waals surface area contributed by atoms with E-state index in [-0.39, 0.29) is 5.82 Å². The Morgan fingerprint density at radius 1 is 1.06 bits per heavy atom. The van der Waals surface area contributed by atoms with E-state index in [4.69, 9.17) is 0 Å². The van der Waals surface area contributed by atoms with Gasteiger partial charge < -0.3 is 10.6 Å². The summed E-state index contributed by atoms with van der Waals surface area (Å²) < 4.78 is 17.3. The van der Waals surface area contributed by atoms with E-state index in [1.807, 2.05) is 36.7 Å².